The van der Waals surface area contributed by atoms with Gasteiger partial charge in [0, 0.05) is 25.7 Å². The van der Waals surface area contributed by atoms with Gasteiger partial charge in [-0.05, 0) is 6.07 Å². The Kier molecular flexibility index (Phi) is 3.87. The fourth-order valence-electron chi connectivity index (χ4n) is 1.15. The first kappa shape index (κ1) is 13.2. The summed E-state index contributed by atoms with van der Waals surface area (Å²) in [7, 11) is 3.23. The van der Waals surface area contributed by atoms with Crippen molar-refractivity contribution in [3.05, 3.63) is 32.8 Å². The zero-order chi connectivity index (χ0) is 13.2. The zero-order valence-electron chi connectivity index (χ0n) is 9.23. The molecule has 92 valence electrons. The molecule has 0 heterocycles. The number of halogens is 1. The van der Waals surface area contributed by atoms with Crippen LogP contribution in [0.15, 0.2) is 12.1 Å². The molecule has 0 atom stereocenters. The Bertz CT molecular complexity index is 476. The van der Waals surface area contributed by atoms with Gasteiger partial charge in [-0.1, -0.05) is 11.6 Å². The van der Waals surface area contributed by atoms with Crippen molar-refractivity contribution in [2.45, 2.75) is 0 Å². The molecule has 3 N–H and O–H groups in total. The van der Waals surface area contributed by atoms with Crippen molar-refractivity contribution in [1.29, 1.82) is 0 Å². The largest absolute Gasteiger partial charge is 0.392 e. The Labute approximate surface area is 102 Å². The molecule has 0 radical (unpaired) electrons. The zero-order valence-corrected chi connectivity index (χ0v) is 9.99. The summed E-state index contributed by atoms with van der Waals surface area (Å²) in [5.74, 6) is -0.500. The molecule has 0 spiro atoms. The Morgan fingerprint density at radius 1 is 1.53 bits per heavy atom. The second-order valence-corrected chi connectivity index (χ2v) is 3.89. The lowest BCUT2D eigenvalue weighted by Gasteiger charge is -2.12. The summed E-state index contributed by atoms with van der Waals surface area (Å²) in [5, 5.41) is 12.1. The number of nitrogen functional groups attached to an aromatic ring is 1. The Morgan fingerprint density at radius 2 is 2.12 bits per heavy atom. The van der Waals surface area contributed by atoms with Gasteiger partial charge in [-0.3, -0.25) is 20.3 Å². The van der Waals surface area contributed by atoms with Crippen molar-refractivity contribution in [1.82, 2.24) is 10.4 Å². The van der Waals surface area contributed by atoms with E-state index in [0.29, 0.717) is 0 Å². The summed E-state index contributed by atoms with van der Waals surface area (Å²) < 4.78 is 0. The summed E-state index contributed by atoms with van der Waals surface area (Å²) in [4.78, 5) is 21.6. The third-order valence-corrected chi connectivity index (χ3v) is 2.20. The van der Waals surface area contributed by atoms with Crippen LogP contribution >= 0.6 is 11.6 Å². The van der Waals surface area contributed by atoms with Gasteiger partial charge in [-0.25, -0.2) is 5.01 Å². The number of nitro benzene ring substituents is 1. The van der Waals surface area contributed by atoms with E-state index in [2.05, 4.69) is 5.43 Å². The molecule has 0 aliphatic carbocycles. The molecule has 1 rings (SSSR count). The number of anilines is 1. The molecule has 7 nitrogen and oxygen atoms in total. The number of hydrogen-bond acceptors (Lipinski definition) is 5. The van der Waals surface area contributed by atoms with Gasteiger partial charge in [0.15, 0.2) is 0 Å². The van der Waals surface area contributed by atoms with E-state index in [1.165, 1.54) is 11.1 Å². The maximum atomic E-state index is 11.6. The van der Waals surface area contributed by atoms with Crippen molar-refractivity contribution >= 4 is 28.9 Å². The minimum atomic E-state index is -0.687. The van der Waals surface area contributed by atoms with E-state index in [0.717, 1.165) is 6.07 Å². The number of nitrogens with one attached hydrogen (secondary N) is 1. The van der Waals surface area contributed by atoms with Crippen molar-refractivity contribution in [3.63, 3.8) is 0 Å². The number of amides is 1. The van der Waals surface area contributed by atoms with Crippen molar-refractivity contribution < 1.29 is 9.72 Å². The average molecular weight is 259 g/mol. The molecule has 1 aromatic carbocycles. The number of nitrogens with zero attached hydrogens (tertiary/aromatic N) is 2. The summed E-state index contributed by atoms with van der Waals surface area (Å²) in [6, 6.07) is 2.36. The highest BCUT2D eigenvalue weighted by Crippen LogP contribution is 2.30. The monoisotopic (exact) mass is 258 g/mol. The molecule has 0 fully saturated rings. The lowest BCUT2D eigenvalue weighted by molar-refractivity contribution is -0.383. The molecule has 0 unspecified atom stereocenters. The van der Waals surface area contributed by atoms with Gasteiger partial charge in [-0.2, -0.15) is 0 Å². The van der Waals surface area contributed by atoms with Gasteiger partial charge >= 0.3 is 0 Å². The van der Waals surface area contributed by atoms with Crippen LogP contribution in [0.1, 0.15) is 10.4 Å². The molecule has 0 aromatic heterocycles. The van der Waals surface area contributed by atoms with Crippen LogP contribution in [-0.4, -0.2) is 29.9 Å². The summed E-state index contributed by atoms with van der Waals surface area (Å²) in [6.07, 6.45) is 0. The summed E-state index contributed by atoms with van der Waals surface area (Å²) >= 11 is 5.72. The molecule has 0 aliphatic heterocycles. The van der Waals surface area contributed by atoms with Crippen molar-refractivity contribution in [2.75, 3.05) is 19.8 Å². The quantitative estimate of drug-likeness (QED) is 0.479. The number of nitrogens with two attached hydrogens (primary N) is 1. The third-order valence-electron chi connectivity index (χ3n) is 1.89. The van der Waals surface area contributed by atoms with Crippen LogP contribution in [0.2, 0.25) is 5.02 Å². The first-order valence-electron chi connectivity index (χ1n) is 4.54. The number of nitro groups is 1. The Balaban J connectivity index is 3.19. The van der Waals surface area contributed by atoms with Crippen molar-refractivity contribution in [2.24, 2.45) is 0 Å². The second kappa shape index (κ2) is 4.98. The molecule has 17 heavy (non-hydrogen) atoms. The predicted molar refractivity (Wildman–Crippen MR) is 63.7 cm³/mol. The Hall–Kier alpha value is -1.86. The lowest BCUT2D eigenvalue weighted by Crippen LogP contribution is -2.36. The van der Waals surface area contributed by atoms with E-state index in [9.17, 15) is 14.9 Å². The molecule has 1 amide bonds. The van der Waals surface area contributed by atoms with Crippen LogP contribution in [0.4, 0.5) is 11.4 Å². The van der Waals surface area contributed by atoms with Gasteiger partial charge in [0.1, 0.15) is 5.69 Å². The fraction of sp³-hybridized carbons (Fsp3) is 0.222. The van der Waals surface area contributed by atoms with Crippen LogP contribution < -0.4 is 11.2 Å². The van der Waals surface area contributed by atoms with Gasteiger partial charge < -0.3 is 5.73 Å². The predicted octanol–water partition coefficient (Wildman–Crippen LogP) is 1.04. The van der Waals surface area contributed by atoms with Crippen LogP contribution in [0.3, 0.4) is 0 Å². The maximum absolute atomic E-state index is 11.6. The molecule has 0 bridgehead atoms. The average Bonchev–Trinajstić information content (AvgIpc) is 2.20. The van der Waals surface area contributed by atoms with E-state index >= 15 is 0 Å². The number of rotatable bonds is 3. The normalized spacial score (nSPS) is 10.4. The molecule has 0 saturated carbocycles. The number of hydrogen-bond donors (Lipinski definition) is 2. The van der Waals surface area contributed by atoms with Gasteiger partial charge in [0.25, 0.3) is 11.6 Å². The number of hydrazine groups is 1. The van der Waals surface area contributed by atoms with Crippen LogP contribution in [0, 0.1) is 10.1 Å². The van der Waals surface area contributed by atoms with E-state index < -0.39 is 10.8 Å². The molecular formula is C9H11ClN4O3. The summed E-state index contributed by atoms with van der Waals surface area (Å²) in [5.41, 5.74) is 7.41. The lowest BCUT2D eigenvalue weighted by atomic mass is 10.1. The van der Waals surface area contributed by atoms with E-state index in [1.54, 1.807) is 14.1 Å². The standard InChI is InChI=1S/C9H11ClN4O3/c1-13(2)12-9(15)5-3-6(10)8(11)7(4-5)14(16)17/h3-4H,11H2,1-2H3,(H,12,15). The first-order chi connectivity index (χ1) is 7.82. The number of carbonyl (C=O) groups is 1. The minimum Gasteiger partial charge on any atom is -0.392 e. The molecule has 0 saturated heterocycles. The Morgan fingerprint density at radius 3 is 2.59 bits per heavy atom. The molecule has 1 aromatic rings. The van der Waals surface area contributed by atoms with E-state index in [4.69, 9.17) is 17.3 Å². The summed E-state index contributed by atoms with van der Waals surface area (Å²) in [6.45, 7) is 0. The topological polar surface area (TPSA) is 102 Å². The van der Waals surface area contributed by atoms with E-state index in [-0.39, 0.29) is 22.0 Å². The highest BCUT2D eigenvalue weighted by molar-refractivity contribution is 6.34. The third kappa shape index (κ3) is 3.05. The van der Waals surface area contributed by atoms with Gasteiger partial charge in [-0.15, -0.1) is 0 Å². The van der Waals surface area contributed by atoms with Gasteiger partial charge in [0.2, 0.25) is 0 Å². The molecular weight excluding hydrogens is 248 g/mol. The smallest absolute Gasteiger partial charge is 0.294 e. The fourth-order valence-corrected chi connectivity index (χ4v) is 1.37. The van der Waals surface area contributed by atoms with Crippen molar-refractivity contribution in [3.8, 4) is 0 Å². The molecule has 0 aliphatic rings. The van der Waals surface area contributed by atoms with Crippen LogP contribution in [-0.2, 0) is 0 Å². The SMILES string of the molecule is CN(C)NC(=O)c1cc(Cl)c(N)c([N+](=O)[O-])c1. The van der Waals surface area contributed by atoms with E-state index in [1.807, 2.05) is 0 Å². The van der Waals surface area contributed by atoms with Crippen LogP contribution in [0.5, 0.6) is 0 Å². The minimum absolute atomic E-state index is 0.0249. The highest BCUT2D eigenvalue weighted by Gasteiger charge is 2.19. The number of carbonyl (C=O) groups excluding carboxylic acids is 1. The first-order valence-corrected chi connectivity index (χ1v) is 4.92. The van der Waals surface area contributed by atoms with Crippen LogP contribution in [0.25, 0.3) is 0 Å². The molecule has 8 heteroatoms. The second-order valence-electron chi connectivity index (χ2n) is 3.48. The van der Waals surface area contributed by atoms with Gasteiger partial charge in [0.05, 0.1) is 9.95 Å². The highest BCUT2D eigenvalue weighted by atomic mass is 35.5. The number of benzene rings is 1. The maximum Gasteiger partial charge on any atom is 0.294 e.